The van der Waals surface area contributed by atoms with Crippen LogP contribution in [0.2, 0.25) is 0 Å². The summed E-state index contributed by atoms with van der Waals surface area (Å²) in [4.78, 5) is 10.9. The van der Waals surface area contributed by atoms with Gasteiger partial charge in [0.05, 0.1) is 5.39 Å². The lowest BCUT2D eigenvalue weighted by Crippen LogP contribution is -1.76. The first-order valence-corrected chi connectivity index (χ1v) is 3.49. The molecule has 12 heavy (non-hydrogen) atoms. The van der Waals surface area contributed by atoms with Gasteiger partial charge in [-0.3, -0.25) is 0 Å². The Morgan fingerprint density at radius 1 is 1.50 bits per heavy atom. The summed E-state index contributed by atoms with van der Waals surface area (Å²) < 4.78 is 0. The fourth-order valence-electron chi connectivity index (χ4n) is 1.04. The second-order valence-corrected chi connectivity index (χ2v) is 2.26. The average molecular weight is 161 g/mol. The smallest absolute Gasteiger partial charge is 0.142 e. The number of hydrogen-bond donors (Lipinski definition) is 1. The van der Waals surface area contributed by atoms with E-state index >= 15 is 0 Å². The number of aromatic nitrogens is 3. The Hall–Kier alpha value is -1.78. The predicted molar refractivity (Wildman–Crippen MR) is 44.3 cm³/mol. The molecule has 2 heterocycles. The van der Waals surface area contributed by atoms with Crippen LogP contribution in [0.3, 0.4) is 0 Å². The number of aromatic amines is 1. The highest BCUT2D eigenvalue weighted by Crippen LogP contribution is 2.22. The second kappa shape index (κ2) is 2.69. The van der Waals surface area contributed by atoms with Crippen molar-refractivity contribution in [2.24, 2.45) is 10.2 Å². The van der Waals surface area contributed by atoms with E-state index in [0.29, 0.717) is 0 Å². The van der Waals surface area contributed by atoms with Gasteiger partial charge in [0.25, 0.3) is 0 Å². The minimum atomic E-state index is 0.771. The standard InChI is InChI=1S/C7H7N5/c1-8-12-6-3-10-7-5(6)2-9-4-11-7/h2-4H,1H3,(H,9,10,11). The zero-order valence-corrected chi connectivity index (χ0v) is 6.52. The van der Waals surface area contributed by atoms with Crippen molar-refractivity contribution < 1.29 is 0 Å². The van der Waals surface area contributed by atoms with Crippen LogP contribution in [-0.2, 0) is 0 Å². The van der Waals surface area contributed by atoms with Gasteiger partial charge in [-0.15, -0.1) is 0 Å². The van der Waals surface area contributed by atoms with Crippen molar-refractivity contribution in [3.63, 3.8) is 0 Å². The molecule has 5 heteroatoms. The van der Waals surface area contributed by atoms with Crippen molar-refractivity contribution in [2.75, 3.05) is 7.05 Å². The maximum absolute atomic E-state index is 4.02. The van der Waals surface area contributed by atoms with Gasteiger partial charge in [0.15, 0.2) is 0 Å². The molecule has 2 aromatic rings. The highest BCUT2D eigenvalue weighted by atomic mass is 15.1. The number of azo groups is 1. The first-order valence-electron chi connectivity index (χ1n) is 3.49. The fraction of sp³-hybridized carbons (Fsp3) is 0.143. The highest BCUT2D eigenvalue weighted by molar-refractivity contribution is 5.86. The lowest BCUT2D eigenvalue weighted by molar-refractivity contribution is 1.17. The van der Waals surface area contributed by atoms with E-state index in [0.717, 1.165) is 16.7 Å². The van der Waals surface area contributed by atoms with E-state index in [1.165, 1.54) is 6.33 Å². The number of nitrogens with one attached hydrogen (secondary N) is 1. The van der Waals surface area contributed by atoms with E-state index in [-0.39, 0.29) is 0 Å². The molecule has 0 aliphatic rings. The van der Waals surface area contributed by atoms with Gasteiger partial charge in [-0.1, -0.05) is 0 Å². The van der Waals surface area contributed by atoms with Gasteiger partial charge in [-0.05, 0) is 0 Å². The van der Waals surface area contributed by atoms with Crippen LogP contribution in [0.5, 0.6) is 0 Å². The molecule has 5 nitrogen and oxygen atoms in total. The van der Waals surface area contributed by atoms with Crippen LogP contribution in [0, 0.1) is 0 Å². The number of rotatable bonds is 1. The number of nitrogens with zero attached hydrogens (tertiary/aromatic N) is 4. The van der Waals surface area contributed by atoms with Gasteiger partial charge in [-0.25, -0.2) is 9.97 Å². The summed E-state index contributed by atoms with van der Waals surface area (Å²) in [5, 5.41) is 8.48. The molecular formula is C7H7N5. The third-order valence-electron chi connectivity index (χ3n) is 1.54. The first-order chi connectivity index (χ1) is 5.92. The maximum atomic E-state index is 4.02. The van der Waals surface area contributed by atoms with Crippen molar-refractivity contribution in [3.8, 4) is 0 Å². The van der Waals surface area contributed by atoms with Gasteiger partial charge in [0.1, 0.15) is 17.7 Å². The Morgan fingerprint density at radius 2 is 2.42 bits per heavy atom. The summed E-state index contributed by atoms with van der Waals surface area (Å²) in [5.41, 5.74) is 1.56. The van der Waals surface area contributed by atoms with Gasteiger partial charge in [0.2, 0.25) is 0 Å². The molecule has 2 rings (SSSR count). The third-order valence-corrected chi connectivity index (χ3v) is 1.54. The zero-order chi connectivity index (χ0) is 8.39. The lowest BCUT2D eigenvalue weighted by atomic mass is 10.4. The summed E-state index contributed by atoms with van der Waals surface area (Å²) in [6.45, 7) is 0. The van der Waals surface area contributed by atoms with Crippen LogP contribution < -0.4 is 0 Å². The van der Waals surface area contributed by atoms with E-state index in [4.69, 9.17) is 0 Å². The Morgan fingerprint density at radius 3 is 3.25 bits per heavy atom. The van der Waals surface area contributed by atoms with Gasteiger partial charge < -0.3 is 4.98 Å². The summed E-state index contributed by atoms with van der Waals surface area (Å²) in [5.74, 6) is 0. The number of hydrogen-bond acceptors (Lipinski definition) is 4. The number of H-pyrrole nitrogens is 1. The lowest BCUT2D eigenvalue weighted by Gasteiger charge is -1.86. The molecule has 0 saturated carbocycles. The SMILES string of the molecule is CN=Nc1c[nH]c2ncncc12. The maximum Gasteiger partial charge on any atom is 0.142 e. The van der Waals surface area contributed by atoms with Crippen LogP contribution in [-0.4, -0.2) is 22.0 Å². The van der Waals surface area contributed by atoms with Crippen molar-refractivity contribution >= 4 is 16.7 Å². The molecule has 2 aromatic heterocycles. The summed E-state index contributed by atoms with van der Waals surface area (Å²) >= 11 is 0. The van der Waals surface area contributed by atoms with Crippen LogP contribution in [0.1, 0.15) is 0 Å². The summed E-state index contributed by atoms with van der Waals surface area (Å²) in [7, 11) is 1.63. The first kappa shape index (κ1) is 6.90. The second-order valence-electron chi connectivity index (χ2n) is 2.26. The van der Waals surface area contributed by atoms with Crippen molar-refractivity contribution in [3.05, 3.63) is 18.7 Å². The van der Waals surface area contributed by atoms with E-state index in [2.05, 4.69) is 25.2 Å². The molecule has 60 valence electrons. The van der Waals surface area contributed by atoms with Crippen LogP contribution in [0.15, 0.2) is 28.9 Å². The fourth-order valence-corrected chi connectivity index (χ4v) is 1.04. The Bertz CT molecular complexity index is 416. The Kier molecular flexibility index (Phi) is 1.55. The van der Waals surface area contributed by atoms with Gasteiger partial charge in [0, 0.05) is 19.4 Å². The Balaban J connectivity index is 2.70. The van der Waals surface area contributed by atoms with Crippen LogP contribution in [0.25, 0.3) is 11.0 Å². The minimum Gasteiger partial charge on any atom is -0.344 e. The highest BCUT2D eigenvalue weighted by Gasteiger charge is 2.01. The third kappa shape index (κ3) is 0.952. The summed E-state index contributed by atoms with van der Waals surface area (Å²) in [6, 6.07) is 0. The largest absolute Gasteiger partial charge is 0.344 e. The van der Waals surface area contributed by atoms with E-state index in [9.17, 15) is 0 Å². The molecule has 0 unspecified atom stereocenters. The molecular weight excluding hydrogens is 154 g/mol. The van der Waals surface area contributed by atoms with Crippen LogP contribution >= 0.6 is 0 Å². The molecule has 0 radical (unpaired) electrons. The van der Waals surface area contributed by atoms with Crippen molar-refractivity contribution in [2.45, 2.75) is 0 Å². The molecule has 0 bridgehead atoms. The van der Waals surface area contributed by atoms with E-state index in [1.807, 2.05) is 0 Å². The van der Waals surface area contributed by atoms with Gasteiger partial charge in [-0.2, -0.15) is 10.2 Å². The average Bonchev–Trinajstić information content (AvgIpc) is 2.50. The summed E-state index contributed by atoms with van der Waals surface area (Å²) in [6.07, 6.45) is 4.96. The number of fused-ring (bicyclic) bond motifs is 1. The molecule has 0 fully saturated rings. The molecule has 0 aromatic carbocycles. The van der Waals surface area contributed by atoms with E-state index < -0.39 is 0 Å². The minimum absolute atomic E-state index is 0.771. The Labute approximate surface area is 68.6 Å². The predicted octanol–water partition coefficient (Wildman–Crippen LogP) is 1.67. The zero-order valence-electron chi connectivity index (χ0n) is 6.52. The molecule has 1 N–H and O–H groups in total. The molecule has 0 aliphatic carbocycles. The molecule has 0 spiro atoms. The topological polar surface area (TPSA) is 66.3 Å². The monoisotopic (exact) mass is 161 g/mol. The molecule has 0 atom stereocenters. The van der Waals surface area contributed by atoms with Crippen molar-refractivity contribution in [1.82, 2.24) is 15.0 Å². The van der Waals surface area contributed by atoms with Gasteiger partial charge >= 0.3 is 0 Å². The van der Waals surface area contributed by atoms with E-state index in [1.54, 1.807) is 19.4 Å². The molecule has 0 aliphatic heterocycles. The quantitative estimate of drug-likeness (QED) is 0.646. The van der Waals surface area contributed by atoms with Crippen LogP contribution in [0.4, 0.5) is 5.69 Å². The molecule has 0 saturated heterocycles. The normalized spacial score (nSPS) is 11.4. The van der Waals surface area contributed by atoms with Crippen molar-refractivity contribution in [1.29, 1.82) is 0 Å². The molecule has 0 amide bonds.